The van der Waals surface area contributed by atoms with Crippen LogP contribution in [-0.4, -0.2) is 36.6 Å². The summed E-state index contributed by atoms with van der Waals surface area (Å²) < 4.78 is 5.04. The van der Waals surface area contributed by atoms with Gasteiger partial charge in [-0.3, -0.25) is 9.69 Å². The van der Waals surface area contributed by atoms with E-state index in [1.165, 1.54) is 12.8 Å². The minimum absolute atomic E-state index is 0.00676. The molecule has 16 heavy (non-hydrogen) atoms. The molecule has 0 spiro atoms. The van der Waals surface area contributed by atoms with E-state index in [0.717, 1.165) is 19.0 Å². The Labute approximate surface area is 99.1 Å². The van der Waals surface area contributed by atoms with Crippen molar-refractivity contribution in [1.82, 2.24) is 4.90 Å². The molecule has 0 amide bonds. The fraction of sp³-hybridized carbons (Fsp3) is 0.923. The second-order valence-corrected chi connectivity index (χ2v) is 5.01. The van der Waals surface area contributed by atoms with Crippen LogP contribution < -0.4 is 0 Å². The largest absolute Gasteiger partial charge is 0.466 e. The first-order valence-electron chi connectivity index (χ1n) is 6.47. The number of hydrogen-bond donors (Lipinski definition) is 0. The molecule has 0 aliphatic carbocycles. The highest BCUT2D eigenvalue weighted by Crippen LogP contribution is 2.23. The second kappa shape index (κ2) is 6.24. The third-order valence-corrected chi connectivity index (χ3v) is 3.70. The van der Waals surface area contributed by atoms with E-state index in [4.69, 9.17) is 4.74 Å². The van der Waals surface area contributed by atoms with Crippen molar-refractivity contribution in [3.05, 3.63) is 0 Å². The molecule has 1 saturated heterocycles. The summed E-state index contributed by atoms with van der Waals surface area (Å²) in [5, 5.41) is 0. The van der Waals surface area contributed by atoms with Crippen LogP contribution in [-0.2, 0) is 9.53 Å². The van der Waals surface area contributed by atoms with Gasteiger partial charge in [-0.2, -0.15) is 0 Å². The standard InChI is InChI=1S/C13H25NO2/c1-5-16-13(15)11(3)9-14-8-6-7-10(2)12(14)4/h10-12H,5-9H2,1-4H3. The first-order chi connectivity index (χ1) is 7.56. The third kappa shape index (κ3) is 3.48. The van der Waals surface area contributed by atoms with Gasteiger partial charge < -0.3 is 4.74 Å². The molecular weight excluding hydrogens is 202 g/mol. The molecule has 0 radical (unpaired) electrons. The van der Waals surface area contributed by atoms with Gasteiger partial charge in [0, 0.05) is 12.6 Å². The topological polar surface area (TPSA) is 29.5 Å². The lowest BCUT2D eigenvalue weighted by Crippen LogP contribution is -2.45. The van der Waals surface area contributed by atoms with Crippen molar-refractivity contribution in [3.8, 4) is 0 Å². The van der Waals surface area contributed by atoms with Crippen LogP contribution in [0.4, 0.5) is 0 Å². The molecule has 1 fully saturated rings. The van der Waals surface area contributed by atoms with Gasteiger partial charge in [-0.05, 0) is 39.2 Å². The van der Waals surface area contributed by atoms with E-state index in [2.05, 4.69) is 18.7 Å². The van der Waals surface area contributed by atoms with Crippen molar-refractivity contribution in [2.75, 3.05) is 19.7 Å². The fourth-order valence-corrected chi connectivity index (χ4v) is 2.39. The molecule has 1 rings (SSSR count). The summed E-state index contributed by atoms with van der Waals surface area (Å²) >= 11 is 0. The Morgan fingerprint density at radius 3 is 2.81 bits per heavy atom. The Morgan fingerprint density at radius 1 is 1.50 bits per heavy atom. The first kappa shape index (κ1) is 13.5. The molecule has 0 saturated carbocycles. The quantitative estimate of drug-likeness (QED) is 0.690. The van der Waals surface area contributed by atoms with Crippen LogP contribution in [0.15, 0.2) is 0 Å². The lowest BCUT2D eigenvalue weighted by Gasteiger charge is -2.38. The zero-order chi connectivity index (χ0) is 12.1. The van der Waals surface area contributed by atoms with Crippen LogP contribution in [0.1, 0.15) is 40.5 Å². The number of carbonyl (C=O) groups is 1. The van der Waals surface area contributed by atoms with Gasteiger partial charge in [-0.25, -0.2) is 0 Å². The average molecular weight is 227 g/mol. The Balaban J connectivity index is 2.43. The molecule has 1 aliphatic heterocycles. The molecule has 3 nitrogen and oxygen atoms in total. The first-order valence-corrected chi connectivity index (χ1v) is 6.47. The van der Waals surface area contributed by atoms with E-state index in [1.54, 1.807) is 0 Å². The van der Waals surface area contributed by atoms with E-state index in [9.17, 15) is 4.79 Å². The summed E-state index contributed by atoms with van der Waals surface area (Å²) in [6, 6.07) is 0.589. The minimum Gasteiger partial charge on any atom is -0.466 e. The van der Waals surface area contributed by atoms with Gasteiger partial charge in [0.25, 0.3) is 0 Å². The predicted molar refractivity (Wildman–Crippen MR) is 65.2 cm³/mol. The lowest BCUT2D eigenvalue weighted by molar-refractivity contribution is -0.148. The SMILES string of the molecule is CCOC(=O)C(C)CN1CCCC(C)C1C. The van der Waals surface area contributed by atoms with Crippen molar-refractivity contribution in [1.29, 1.82) is 0 Å². The minimum atomic E-state index is -0.0621. The molecule has 0 bridgehead atoms. The monoisotopic (exact) mass is 227 g/mol. The molecule has 0 aromatic rings. The molecule has 1 aliphatic rings. The van der Waals surface area contributed by atoms with Gasteiger partial charge in [-0.15, -0.1) is 0 Å². The Kier molecular flexibility index (Phi) is 5.26. The molecule has 1 heterocycles. The average Bonchev–Trinajstić information content (AvgIpc) is 2.25. The van der Waals surface area contributed by atoms with Gasteiger partial charge in [0.15, 0.2) is 0 Å². The summed E-state index contributed by atoms with van der Waals surface area (Å²) in [6.07, 6.45) is 2.56. The highest BCUT2D eigenvalue weighted by Gasteiger charge is 2.27. The predicted octanol–water partition coefficient (Wildman–Crippen LogP) is 2.31. The number of hydrogen-bond acceptors (Lipinski definition) is 3. The van der Waals surface area contributed by atoms with Crippen molar-refractivity contribution in [3.63, 3.8) is 0 Å². The van der Waals surface area contributed by atoms with E-state index in [0.29, 0.717) is 12.6 Å². The number of rotatable bonds is 4. The summed E-state index contributed by atoms with van der Waals surface area (Å²) in [7, 11) is 0. The van der Waals surface area contributed by atoms with E-state index in [1.807, 2.05) is 13.8 Å². The number of piperidine rings is 1. The molecule has 94 valence electrons. The second-order valence-electron chi connectivity index (χ2n) is 5.01. The number of likely N-dealkylation sites (tertiary alicyclic amines) is 1. The van der Waals surface area contributed by atoms with Crippen LogP contribution in [0.25, 0.3) is 0 Å². The van der Waals surface area contributed by atoms with Crippen molar-refractivity contribution in [2.45, 2.75) is 46.6 Å². The Bertz CT molecular complexity index is 230. The zero-order valence-electron chi connectivity index (χ0n) is 11.0. The van der Waals surface area contributed by atoms with E-state index in [-0.39, 0.29) is 11.9 Å². The van der Waals surface area contributed by atoms with Gasteiger partial charge in [0.1, 0.15) is 0 Å². The molecule has 0 aromatic carbocycles. The van der Waals surface area contributed by atoms with Crippen molar-refractivity contribution < 1.29 is 9.53 Å². The van der Waals surface area contributed by atoms with E-state index >= 15 is 0 Å². The third-order valence-electron chi connectivity index (χ3n) is 3.70. The summed E-state index contributed by atoms with van der Waals surface area (Å²) in [5.74, 6) is 0.670. The van der Waals surface area contributed by atoms with Gasteiger partial charge >= 0.3 is 5.97 Å². The summed E-state index contributed by atoms with van der Waals surface area (Å²) in [5.41, 5.74) is 0. The zero-order valence-corrected chi connectivity index (χ0v) is 11.0. The van der Waals surface area contributed by atoms with Gasteiger partial charge in [0.05, 0.1) is 12.5 Å². The molecule has 3 unspecified atom stereocenters. The molecule has 3 heteroatoms. The molecule has 0 N–H and O–H groups in total. The normalized spacial score (nSPS) is 28.8. The van der Waals surface area contributed by atoms with Crippen LogP contribution in [0.3, 0.4) is 0 Å². The number of nitrogens with zero attached hydrogens (tertiary/aromatic N) is 1. The molecular formula is C13H25NO2. The number of esters is 1. The van der Waals surface area contributed by atoms with Gasteiger partial charge in [0.2, 0.25) is 0 Å². The number of ether oxygens (including phenoxy) is 1. The maximum absolute atomic E-state index is 11.6. The smallest absolute Gasteiger partial charge is 0.309 e. The Morgan fingerprint density at radius 2 is 2.19 bits per heavy atom. The van der Waals surface area contributed by atoms with E-state index < -0.39 is 0 Å². The molecule has 0 aromatic heterocycles. The fourth-order valence-electron chi connectivity index (χ4n) is 2.39. The highest BCUT2D eigenvalue weighted by atomic mass is 16.5. The van der Waals surface area contributed by atoms with Crippen LogP contribution in [0, 0.1) is 11.8 Å². The van der Waals surface area contributed by atoms with Crippen LogP contribution in [0.5, 0.6) is 0 Å². The summed E-state index contributed by atoms with van der Waals surface area (Å²) in [4.78, 5) is 14.0. The maximum atomic E-state index is 11.6. The maximum Gasteiger partial charge on any atom is 0.309 e. The van der Waals surface area contributed by atoms with Gasteiger partial charge in [-0.1, -0.05) is 13.8 Å². The molecule has 3 atom stereocenters. The van der Waals surface area contributed by atoms with Crippen molar-refractivity contribution >= 4 is 5.97 Å². The summed E-state index contributed by atoms with van der Waals surface area (Å²) in [6.45, 7) is 10.8. The van der Waals surface area contributed by atoms with Crippen LogP contribution >= 0.6 is 0 Å². The Hall–Kier alpha value is -0.570. The van der Waals surface area contributed by atoms with Crippen molar-refractivity contribution in [2.24, 2.45) is 11.8 Å². The number of carbonyl (C=O) groups excluding carboxylic acids is 1. The van der Waals surface area contributed by atoms with Crippen LogP contribution in [0.2, 0.25) is 0 Å². The highest BCUT2D eigenvalue weighted by molar-refractivity contribution is 5.72. The lowest BCUT2D eigenvalue weighted by atomic mass is 9.91.